The van der Waals surface area contributed by atoms with E-state index in [2.05, 4.69) is 41.2 Å². The monoisotopic (exact) mass is 412 g/mol. The van der Waals surface area contributed by atoms with Crippen molar-refractivity contribution in [3.8, 4) is 11.5 Å². The normalized spacial score (nSPS) is 18.8. The van der Waals surface area contributed by atoms with E-state index in [9.17, 15) is 0 Å². The van der Waals surface area contributed by atoms with E-state index in [-0.39, 0.29) is 0 Å². The fourth-order valence-corrected chi connectivity index (χ4v) is 4.61. The SMILES string of the molecule is COc1cc2c(NC3CCN(C)CC3)cc(C)nc2cc1OCCCN1CCCC1. The lowest BCUT2D eigenvalue weighted by Gasteiger charge is -2.30. The number of ether oxygens (including phenoxy) is 2. The highest BCUT2D eigenvalue weighted by molar-refractivity contribution is 5.94. The molecule has 6 heteroatoms. The fraction of sp³-hybridized carbons (Fsp3) is 0.625. The second-order valence-corrected chi connectivity index (χ2v) is 8.80. The third-order valence-corrected chi connectivity index (χ3v) is 6.38. The molecule has 2 saturated heterocycles. The van der Waals surface area contributed by atoms with Crippen LogP contribution in [0, 0.1) is 6.92 Å². The first-order valence-corrected chi connectivity index (χ1v) is 11.4. The molecule has 1 aromatic carbocycles. The molecule has 0 radical (unpaired) electrons. The van der Waals surface area contributed by atoms with Crippen LogP contribution in [-0.4, -0.2) is 74.3 Å². The van der Waals surface area contributed by atoms with Gasteiger partial charge in [-0.2, -0.15) is 0 Å². The van der Waals surface area contributed by atoms with Crippen LogP contribution >= 0.6 is 0 Å². The van der Waals surface area contributed by atoms with E-state index in [4.69, 9.17) is 14.5 Å². The summed E-state index contributed by atoms with van der Waals surface area (Å²) in [5.74, 6) is 1.57. The molecule has 0 unspecified atom stereocenters. The Bertz CT molecular complexity index is 843. The zero-order valence-corrected chi connectivity index (χ0v) is 18.7. The number of fused-ring (bicyclic) bond motifs is 1. The van der Waals surface area contributed by atoms with Crippen LogP contribution in [0.15, 0.2) is 18.2 Å². The number of rotatable bonds is 8. The topological polar surface area (TPSA) is 49.9 Å². The summed E-state index contributed by atoms with van der Waals surface area (Å²) in [5, 5.41) is 4.87. The lowest BCUT2D eigenvalue weighted by molar-refractivity contribution is 0.254. The van der Waals surface area contributed by atoms with Crippen molar-refractivity contribution >= 4 is 16.6 Å². The lowest BCUT2D eigenvalue weighted by atomic mass is 10.0. The highest BCUT2D eigenvalue weighted by Gasteiger charge is 2.19. The van der Waals surface area contributed by atoms with Crippen molar-refractivity contribution in [1.82, 2.24) is 14.8 Å². The quantitative estimate of drug-likeness (QED) is 0.663. The molecule has 0 aliphatic carbocycles. The molecule has 0 bridgehead atoms. The van der Waals surface area contributed by atoms with Gasteiger partial charge in [0, 0.05) is 35.4 Å². The minimum absolute atomic E-state index is 0.499. The summed E-state index contributed by atoms with van der Waals surface area (Å²) in [4.78, 5) is 9.69. The van der Waals surface area contributed by atoms with Gasteiger partial charge in [0.2, 0.25) is 0 Å². The molecule has 0 amide bonds. The second-order valence-electron chi connectivity index (χ2n) is 8.80. The third-order valence-electron chi connectivity index (χ3n) is 6.38. The smallest absolute Gasteiger partial charge is 0.163 e. The molecule has 0 atom stereocenters. The molecular weight excluding hydrogens is 376 g/mol. The van der Waals surface area contributed by atoms with Gasteiger partial charge >= 0.3 is 0 Å². The largest absolute Gasteiger partial charge is 0.493 e. The maximum Gasteiger partial charge on any atom is 0.163 e. The molecule has 164 valence electrons. The Morgan fingerprint density at radius 3 is 2.57 bits per heavy atom. The molecule has 6 nitrogen and oxygen atoms in total. The number of anilines is 1. The number of likely N-dealkylation sites (tertiary alicyclic amines) is 2. The van der Waals surface area contributed by atoms with Crippen LogP contribution < -0.4 is 14.8 Å². The Hall–Kier alpha value is -2.05. The summed E-state index contributed by atoms with van der Waals surface area (Å²) in [6.07, 6.45) is 6.02. The highest BCUT2D eigenvalue weighted by atomic mass is 16.5. The van der Waals surface area contributed by atoms with Crippen LogP contribution in [0.1, 0.15) is 37.8 Å². The van der Waals surface area contributed by atoms with Gasteiger partial charge in [0.05, 0.1) is 19.2 Å². The van der Waals surface area contributed by atoms with Crippen molar-refractivity contribution in [1.29, 1.82) is 0 Å². The number of aryl methyl sites for hydroxylation is 1. The lowest BCUT2D eigenvalue weighted by Crippen LogP contribution is -2.36. The van der Waals surface area contributed by atoms with Crippen molar-refractivity contribution in [3.63, 3.8) is 0 Å². The minimum atomic E-state index is 0.499. The van der Waals surface area contributed by atoms with Gasteiger partial charge in [-0.15, -0.1) is 0 Å². The highest BCUT2D eigenvalue weighted by Crippen LogP contribution is 2.36. The minimum Gasteiger partial charge on any atom is -0.493 e. The number of hydrogen-bond acceptors (Lipinski definition) is 6. The molecule has 3 heterocycles. The van der Waals surface area contributed by atoms with Gasteiger partial charge < -0.3 is 24.6 Å². The van der Waals surface area contributed by atoms with Crippen molar-refractivity contribution in [3.05, 3.63) is 23.9 Å². The summed E-state index contributed by atoms with van der Waals surface area (Å²) in [5.41, 5.74) is 3.12. The fourth-order valence-electron chi connectivity index (χ4n) is 4.61. The van der Waals surface area contributed by atoms with E-state index in [0.717, 1.165) is 72.7 Å². The molecular formula is C24H36N4O2. The molecule has 2 aliphatic rings. The van der Waals surface area contributed by atoms with Crippen LogP contribution in [0.4, 0.5) is 5.69 Å². The number of piperidine rings is 1. The zero-order valence-electron chi connectivity index (χ0n) is 18.7. The average Bonchev–Trinajstić information content (AvgIpc) is 3.26. The standard InChI is InChI=1S/C24H36N4O2/c1-18-15-21(26-19-7-12-27(2)13-8-19)20-16-23(29-3)24(17-22(20)25-18)30-14-6-11-28-9-4-5-10-28/h15-17,19H,4-14H2,1-3H3,(H,25,26). The van der Waals surface area contributed by atoms with Gasteiger partial charge in [0.15, 0.2) is 11.5 Å². The number of methoxy groups -OCH3 is 1. The van der Waals surface area contributed by atoms with Crippen molar-refractivity contribution in [2.75, 3.05) is 58.8 Å². The van der Waals surface area contributed by atoms with E-state index in [0.29, 0.717) is 12.6 Å². The van der Waals surface area contributed by atoms with Crippen molar-refractivity contribution < 1.29 is 9.47 Å². The maximum atomic E-state index is 6.12. The number of aromatic nitrogens is 1. The first-order chi connectivity index (χ1) is 14.6. The summed E-state index contributed by atoms with van der Waals surface area (Å²) < 4.78 is 11.8. The number of benzene rings is 1. The maximum absolute atomic E-state index is 6.12. The molecule has 1 aromatic heterocycles. The van der Waals surface area contributed by atoms with E-state index >= 15 is 0 Å². The number of nitrogens with zero attached hydrogens (tertiary/aromatic N) is 3. The second kappa shape index (κ2) is 9.84. The molecule has 0 saturated carbocycles. The van der Waals surface area contributed by atoms with Crippen molar-refractivity contribution in [2.45, 2.75) is 45.1 Å². The van der Waals surface area contributed by atoms with Crippen LogP contribution in [0.2, 0.25) is 0 Å². The van der Waals surface area contributed by atoms with Gasteiger partial charge in [-0.1, -0.05) is 0 Å². The van der Waals surface area contributed by atoms with E-state index in [1.54, 1.807) is 7.11 Å². The molecule has 2 aromatic rings. The Morgan fingerprint density at radius 2 is 1.83 bits per heavy atom. The van der Waals surface area contributed by atoms with E-state index < -0.39 is 0 Å². The van der Waals surface area contributed by atoms with Crippen LogP contribution in [0.25, 0.3) is 10.9 Å². The third kappa shape index (κ3) is 5.16. The van der Waals surface area contributed by atoms with Crippen LogP contribution in [0.3, 0.4) is 0 Å². The Morgan fingerprint density at radius 1 is 1.07 bits per heavy atom. The molecule has 2 fully saturated rings. The number of pyridine rings is 1. The van der Waals surface area contributed by atoms with E-state index in [1.807, 2.05) is 6.07 Å². The zero-order chi connectivity index (χ0) is 20.9. The van der Waals surface area contributed by atoms with Gasteiger partial charge in [-0.25, -0.2) is 0 Å². The molecule has 30 heavy (non-hydrogen) atoms. The van der Waals surface area contributed by atoms with Gasteiger partial charge in [-0.3, -0.25) is 4.98 Å². The Labute approximate surface area is 180 Å². The summed E-state index contributed by atoms with van der Waals surface area (Å²) in [6, 6.07) is 6.77. The predicted octanol–water partition coefficient (Wildman–Crippen LogP) is 3.92. The van der Waals surface area contributed by atoms with Gasteiger partial charge in [0.1, 0.15) is 0 Å². The van der Waals surface area contributed by atoms with Gasteiger partial charge in [-0.05, 0) is 84.4 Å². The van der Waals surface area contributed by atoms with Crippen LogP contribution in [-0.2, 0) is 0 Å². The first kappa shape index (κ1) is 21.2. The molecule has 4 rings (SSSR count). The summed E-state index contributed by atoms with van der Waals surface area (Å²) >= 11 is 0. The molecule has 2 aliphatic heterocycles. The number of nitrogens with one attached hydrogen (secondary N) is 1. The average molecular weight is 413 g/mol. The summed E-state index contributed by atoms with van der Waals surface area (Å²) in [6.45, 7) is 8.60. The predicted molar refractivity (Wildman–Crippen MR) is 123 cm³/mol. The number of hydrogen-bond donors (Lipinski definition) is 1. The van der Waals surface area contributed by atoms with Crippen LogP contribution in [0.5, 0.6) is 11.5 Å². The van der Waals surface area contributed by atoms with Gasteiger partial charge in [0.25, 0.3) is 0 Å². The summed E-state index contributed by atoms with van der Waals surface area (Å²) in [7, 11) is 3.91. The Balaban J connectivity index is 1.48. The molecule has 1 N–H and O–H groups in total. The molecule has 0 spiro atoms. The Kier molecular flexibility index (Phi) is 6.95. The first-order valence-electron chi connectivity index (χ1n) is 11.4. The van der Waals surface area contributed by atoms with E-state index in [1.165, 1.54) is 25.9 Å². The van der Waals surface area contributed by atoms with Crippen molar-refractivity contribution in [2.24, 2.45) is 0 Å².